The van der Waals surface area contributed by atoms with Gasteiger partial charge in [0.2, 0.25) is 0 Å². The second-order valence-electron chi connectivity index (χ2n) is 3.14. The molecule has 0 aromatic rings. The van der Waals surface area contributed by atoms with E-state index in [4.69, 9.17) is 22.1 Å². The minimum atomic E-state index is -0.216. The Kier molecular flexibility index (Phi) is 5.01. The lowest BCUT2D eigenvalue weighted by atomic mass is 10.3. The first-order valence-corrected chi connectivity index (χ1v) is 5.21. The molecule has 1 heterocycles. The zero-order chi connectivity index (χ0) is 12.0. The first kappa shape index (κ1) is 12.7. The zero-order valence-electron chi connectivity index (χ0n) is 8.86. The Morgan fingerprint density at radius 1 is 1.50 bits per heavy atom. The molecule has 88 valence electrons. The first-order chi connectivity index (χ1) is 7.65. The maximum absolute atomic E-state index is 12.0. The van der Waals surface area contributed by atoms with Crippen molar-refractivity contribution in [2.24, 2.45) is 10.7 Å². The minimum absolute atomic E-state index is 0.0507. The molecule has 5 nitrogen and oxygen atoms in total. The van der Waals surface area contributed by atoms with Crippen molar-refractivity contribution in [3.8, 4) is 0 Å². The fourth-order valence-corrected chi connectivity index (χ4v) is 1.40. The molecule has 1 saturated heterocycles. The number of nitrogens with zero attached hydrogens (tertiary/aromatic N) is 2. The third kappa shape index (κ3) is 3.67. The van der Waals surface area contributed by atoms with Crippen molar-refractivity contribution in [2.75, 3.05) is 26.3 Å². The summed E-state index contributed by atoms with van der Waals surface area (Å²) in [6, 6.07) is 0. The summed E-state index contributed by atoms with van der Waals surface area (Å²) < 4.78 is 5.15. The van der Waals surface area contributed by atoms with Crippen LogP contribution in [-0.2, 0) is 9.53 Å². The van der Waals surface area contributed by atoms with Crippen molar-refractivity contribution in [1.29, 1.82) is 0 Å². The van der Waals surface area contributed by atoms with Crippen LogP contribution in [0.5, 0.6) is 0 Å². The zero-order valence-corrected chi connectivity index (χ0v) is 9.61. The fourth-order valence-electron chi connectivity index (χ4n) is 1.31. The summed E-state index contributed by atoms with van der Waals surface area (Å²) in [5.74, 6) is -0.216. The summed E-state index contributed by atoms with van der Waals surface area (Å²) >= 11 is 5.54. The SMILES string of the molecule is C=C(Cl)/N=C(\C=C/N)C(=O)N1CCOCC1. The molecule has 2 N–H and O–H groups in total. The molecule has 1 fully saturated rings. The van der Waals surface area contributed by atoms with E-state index in [0.717, 1.165) is 0 Å². The highest BCUT2D eigenvalue weighted by atomic mass is 35.5. The molecule has 6 heteroatoms. The number of aliphatic imine (C=N–C) groups is 1. The number of nitrogens with two attached hydrogens (primary N) is 1. The highest BCUT2D eigenvalue weighted by Gasteiger charge is 2.20. The van der Waals surface area contributed by atoms with Gasteiger partial charge in [-0.05, 0) is 12.3 Å². The van der Waals surface area contributed by atoms with E-state index in [1.165, 1.54) is 12.3 Å². The highest BCUT2D eigenvalue weighted by Crippen LogP contribution is 2.04. The Labute approximate surface area is 99.2 Å². The van der Waals surface area contributed by atoms with Gasteiger partial charge >= 0.3 is 0 Å². The van der Waals surface area contributed by atoms with Crippen molar-refractivity contribution < 1.29 is 9.53 Å². The summed E-state index contributed by atoms with van der Waals surface area (Å²) in [4.78, 5) is 17.4. The van der Waals surface area contributed by atoms with Crippen LogP contribution in [0.4, 0.5) is 0 Å². The summed E-state index contributed by atoms with van der Waals surface area (Å²) in [6.07, 6.45) is 2.66. The topological polar surface area (TPSA) is 67.9 Å². The number of carbonyl (C=O) groups excluding carboxylic acids is 1. The van der Waals surface area contributed by atoms with Crippen molar-refractivity contribution in [2.45, 2.75) is 0 Å². The van der Waals surface area contributed by atoms with Crippen LogP contribution >= 0.6 is 11.6 Å². The predicted molar refractivity (Wildman–Crippen MR) is 63.2 cm³/mol. The maximum atomic E-state index is 12.0. The third-order valence-electron chi connectivity index (χ3n) is 2.01. The molecular weight excluding hydrogens is 230 g/mol. The number of amides is 1. The number of hydrogen-bond donors (Lipinski definition) is 1. The van der Waals surface area contributed by atoms with Crippen molar-refractivity contribution in [3.05, 3.63) is 24.0 Å². The Hall–Kier alpha value is -1.33. The lowest BCUT2D eigenvalue weighted by Crippen LogP contribution is -2.43. The molecule has 0 aliphatic carbocycles. The lowest BCUT2D eigenvalue weighted by Gasteiger charge is -2.26. The summed E-state index contributed by atoms with van der Waals surface area (Å²) in [5.41, 5.74) is 5.43. The number of hydrogen-bond acceptors (Lipinski definition) is 4. The summed E-state index contributed by atoms with van der Waals surface area (Å²) in [6.45, 7) is 5.58. The van der Waals surface area contributed by atoms with Crippen molar-refractivity contribution in [1.82, 2.24) is 4.90 Å². The van der Waals surface area contributed by atoms with E-state index in [1.807, 2.05) is 0 Å². The van der Waals surface area contributed by atoms with Gasteiger partial charge in [0.1, 0.15) is 10.9 Å². The third-order valence-corrected chi connectivity index (χ3v) is 2.10. The quantitative estimate of drug-likeness (QED) is 0.579. The van der Waals surface area contributed by atoms with Crippen LogP contribution in [0, 0.1) is 0 Å². The molecule has 0 bridgehead atoms. The average Bonchev–Trinajstić information content (AvgIpc) is 2.28. The van der Waals surface area contributed by atoms with Gasteiger partial charge in [0, 0.05) is 13.1 Å². The van der Waals surface area contributed by atoms with E-state index in [9.17, 15) is 4.79 Å². The second kappa shape index (κ2) is 6.30. The number of halogens is 1. The summed E-state index contributed by atoms with van der Waals surface area (Å²) in [7, 11) is 0. The van der Waals surface area contributed by atoms with E-state index >= 15 is 0 Å². The van der Waals surface area contributed by atoms with Gasteiger partial charge in [-0.1, -0.05) is 18.2 Å². The smallest absolute Gasteiger partial charge is 0.272 e. The molecule has 1 amide bonds. The molecule has 0 saturated carbocycles. The van der Waals surface area contributed by atoms with E-state index in [0.29, 0.717) is 26.3 Å². The van der Waals surface area contributed by atoms with Crippen molar-refractivity contribution in [3.63, 3.8) is 0 Å². The van der Waals surface area contributed by atoms with Gasteiger partial charge in [-0.15, -0.1) is 0 Å². The number of carbonyl (C=O) groups is 1. The number of morpholine rings is 1. The van der Waals surface area contributed by atoms with Gasteiger partial charge in [0.25, 0.3) is 5.91 Å². The lowest BCUT2D eigenvalue weighted by molar-refractivity contribution is -0.127. The highest BCUT2D eigenvalue weighted by molar-refractivity contribution is 6.44. The predicted octanol–water partition coefficient (Wildman–Crippen LogP) is 0.469. The fraction of sp³-hybridized carbons (Fsp3) is 0.400. The standard InChI is InChI=1S/C10H14ClN3O2/c1-8(11)13-9(2-3-12)10(15)14-4-6-16-7-5-14/h2-3H,1,4-7,12H2/b3-2-,13-9+. The number of ether oxygens (including phenoxy) is 1. The molecule has 0 aromatic carbocycles. The largest absolute Gasteiger partial charge is 0.405 e. The Morgan fingerprint density at radius 3 is 2.62 bits per heavy atom. The Morgan fingerprint density at radius 2 is 2.12 bits per heavy atom. The van der Waals surface area contributed by atoms with Crippen molar-refractivity contribution >= 4 is 23.2 Å². The monoisotopic (exact) mass is 243 g/mol. The normalized spacial score (nSPS) is 17.8. The molecule has 0 atom stereocenters. The Balaban J connectivity index is 2.77. The van der Waals surface area contributed by atoms with Gasteiger partial charge in [-0.25, -0.2) is 4.99 Å². The molecule has 0 radical (unpaired) electrons. The van der Waals surface area contributed by atoms with Gasteiger partial charge in [0.05, 0.1) is 13.2 Å². The van der Waals surface area contributed by atoms with E-state index in [-0.39, 0.29) is 16.8 Å². The summed E-state index contributed by atoms with van der Waals surface area (Å²) in [5, 5.41) is 0.0507. The molecule has 1 aliphatic heterocycles. The van der Waals surface area contributed by atoms with Crippen LogP contribution < -0.4 is 5.73 Å². The van der Waals surface area contributed by atoms with E-state index < -0.39 is 0 Å². The van der Waals surface area contributed by atoms with Crippen LogP contribution in [0.3, 0.4) is 0 Å². The van der Waals surface area contributed by atoms with Crippen LogP contribution in [0.2, 0.25) is 0 Å². The molecule has 0 spiro atoms. The van der Waals surface area contributed by atoms with Crippen LogP contribution in [-0.4, -0.2) is 42.8 Å². The molecule has 1 aliphatic rings. The molecule has 0 aromatic heterocycles. The van der Waals surface area contributed by atoms with Gasteiger partial charge in [0.15, 0.2) is 0 Å². The Bertz CT molecular complexity index is 333. The second-order valence-corrected chi connectivity index (χ2v) is 3.57. The molecular formula is C10H14ClN3O2. The van der Waals surface area contributed by atoms with Gasteiger partial charge < -0.3 is 15.4 Å². The molecule has 1 rings (SSSR count). The van der Waals surface area contributed by atoms with E-state index in [2.05, 4.69) is 11.6 Å². The molecule has 0 unspecified atom stereocenters. The van der Waals surface area contributed by atoms with Crippen LogP contribution in [0.1, 0.15) is 0 Å². The van der Waals surface area contributed by atoms with E-state index in [1.54, 1.807) is 4.90 Å². The average molecular weight is 244 g/mol. The van der Waals surface area contributed by atoms with Crippen LogP contribution in [0.15, 0.2) is 29.0 Å². The number of rotatable bonds is 3. The van der Waals surface area contributed by atoms with Gasteiger partial charge in [-0.3, -0.25) is 4.79 Å². The van der Waals surface area contributed by atoms with Crippen LogP contribution in [0.25, 0.3) is 0 Å². The first-order valence-electron chi connectivity index (χ1n) is 4.83. The molecule has 16 heavy (non-hydrogen) atoms. The minimum Gasteiger partial charge on any atom is -0.405 e. The maximum Gasteiger partial charge on any atom is 0.272 e. The van der Waals surface area contributed by atoms with Gasteiger partial charge in [-0.2, -0.15) is 0 Å².